The van der Waals surface area contributed by atoms with E-state index in [1.54, 1.807) is 12.3 Å². The van der Waals surface area contributed by atoms with E-state index in [1.807, 2.05) is 20.2 Å². The number of aromatic nitrogens is 2. The molecule has 15 heavy (non-hydrogen) atoms. The molecule has 0 spiro atoms. The zero-order chi connectivity index (χ0) is 11.1. The third-order valence-corrected chi connectivity index (χ3v) is 1.84. The van der Waals surface area contributed by atoms with Gasteiger partial charge in [0.1, 0.15) is 11.9 Å². The lowest BCUT2D eigenvalue weighted by atomic mass is 10.4. The van der Waals surface area contributed by atoms with Gasteiger partial charge in [-0.15, -0.1) is 0 Å². The SMILES string of the molecule is CN(C)CCCNc1ccnc(C#N)n1. The second-order valence-electron chi connectivity index (χ2n) is 3.46. The Morgan fingerprint density at radius 3 is 3.00 bits per heavy atom. The Balaban J connectivity index is 2.35. The monoisotopic (exact) mass is 205 g/mol. The lowest BCUT2D eigenvalue weighted by Gasteiger charge is -2.09. The molecule has 5 heteroatoms. The molecular formula is C10H15N5. The van der Waals surface area contributed by atoms with E-state index in [2.05, 4.69) is 20.2 Å². The molecular weight excluding hydrogens is 190 g/mol. The Morgan fingerprint density at radius 1 is 1.53 bits per heavy atom. The van der Waals surface area contributed by atoms with Gasteiger partial charge < -0.3 is 10.2 Å². The molecule has 0 unspecified atom stereocenters. The van der Waals surface area contributed by atoms with Crippen molar-refractivity contribution in [2.75, 3.05) is 32.5 Å². The molecule has 0 saturated heterocycles. The molecule has 1 N–H and O–H groups in total. The standard InChI is InChI=1S/C10H15N5/c1-15(2)7-3-5-12-9-4-6-13-10(8-11)14-9/h4,6H,3,5,7H2,1-2H3,(H,12,13,14). The van der Waals surface area contributed by atoms with Gasteiger partial charge in [0.25, 0.3) is 0 Å². The predicted molar refractivity (Wildman–Crippen MR) is 58.4 cm³/mol. The van der Waals surface area contributed by atoms with Crippen LogP contribution in [0.15, 0.2) is 12.3 Å². The minimum atomic E-state index is 0.201. The molecule has 0 aliphatic carbocycles. The highest BCUT2D eigenvalue weighted by molar-refractivity contribution is 5.34. The maximum Gasteiger partial charge on any atom is 0.234 e. The molecule has 1 rings (SSSR count). The van der Waals surface area contributed by atoms with E-state index in [0.717, 1.165) is 19.5 Å². The van der Waals surface area contributed by atoms with Gasteiger partial charge in [-0.1, -0.05) is 0 Å². The first kappa shape index (κ1) is 11.4. The van der Waals surface area contributed by atoms with Gasteiger partial charge in [0.05, 0.1) is 0 Å². The van der Waals surface area contributed by atoms with Crippen molar-refractivity contribution in [2.45, 2.75) is 6.42 Å². The first-order chi connectivity index (χ1) is 7.22. The maximum atomic E-state index is 8.60. The number of rotatable bonds is 5. The molecule has 5 nitrogen and oxygen atoms in total. The average Bonchev–Trinajstić information content (AvgIpc) is 2.24. The molecule has 0 aromatic carbocycles. The van der Waals surface area contributed by atoms with Gasteiger partial charge in [0.15, 0.2) is 0 Å². The fourth-order valence-electron chi connectivity index (χ4n) is 1.12. The molecule has 1 heterocycles. The molecule has 1 aromatic rings. The minimum absolute atomic E-state index is 0.201. The molecule has 0 fully saturated rings. The van der Waals surface area contributed by atoms with Gasteiger partial charge in [-0.05, 0) is 33.1 Å². The van der Waals surface area contributed by atoms with Crippen LogP contribution in [-0.4, -0.2) is 42.1 Å². The predicted octanol–water partition coefficient (Wildman–Crippen LogP) is 0.712. The van der Waals surface area contributed by atoms with Crippen LogP contribution in [0.1, 0.15) is 12.2 Å². The number of hydrogen-bond donors (Lipinski definition) is 1. The molecule has 0 amide bonds. The Kier molecular flexibility index (Phi) is 4.51. The number of nitrogens with one attached hydrogen (secondary N) is 1. The number of nitrogens with zero attached hydrogens (tertiary/aromatic N) is 4. The van der Waals surface area contributed by atoms with Crippen molar-refractivity contribution < 1.29 is 0 Å². The van der Waals surface area contributed by atoms with Crippen molar-refractivity contribution >= 4 is 5.82 Å². The van der Waals surface area contributed by atoms with Gasteiger partial charge in [-0.25, -0.2) is 9.97 Å². The first-order valence-corrected chi connectivity index (χ1v) is 4.84. The summed E-state index contributed by atoms with van der Waals surface area (Å²) in [6.45, 7) is 1.88. The van der Waals surface area contributed by atoms with E-state index in [1.165, 1.54) is 0 Å². The Hall–Kier alpha value is -1.67. The molecule has 0 radical (unpaired) electrons. The van der Waals surface area contributed by atoms with Gasteiger partial charge >= 0.3 is 0 Å². The van der Waals surface area contributed by atoms with E-state index in [-0.39, 0.29) is 5.82 Å². The van der Waals surface area contributed by atoms with E-state index in [4.69, 9.17) is 5.26 Å². The van der Waals surface area contributed by atoms with Crippen LogP contribution in [-0.2, 0) is 0 Å². The quantitative estimate of drug-likeness (QED) is 0.717. The third-order valence-electron chi connectivity index (χ3n) is 1.84. The van der Waals surface area contributed by atoms with E-state index >= 15 is 0 Å². The Labute approximate surface area is 89.8 Å². The highest BCUT2D eigenvalue weighted by atomic mass is 15.1. The molecule has 0 atom stereocenters. The van der Waals surface area contributed by atoms with Crippen molar-refractivity contribution in [1.29, 1.82) is 5.26 Å². The summed E-state index contributed by atoms with van der Waals surface area (Å²) in [4.78, 5) is 9.93. The summed E-state index contributed by atoms with van der Waals surface area (Å²) >= 11 is 0. The second-order valence-corrected chi connectivity index (χ2v) is 3.46. The lowest BCUT2D eigenvalue weighted by molar-refractivity contribution is 0.405. The van der Waals surface area contributed by atoms with Crippen molar-refractivity contribution in [1.82, 2.24) is 14.9 Å². The molecule has 0 bridgehead atoms. The molecule has 0 saturated carbocycles. The molecule has 80 valence electrons. The fourth-order valence-corrected chi connectivity index (χ4v) is 1.12. The summed E-state index contributed by atoms with van der Waals surface area (Å²) < 4.78 is 0. The van der Waals surface area contributed by atoms with Crippen LogP contribution in [0.2, 0.25) is 0 Å². The summed E-state index contributed by atoms with van der Waals surface area (Å²) in [5.74, 6) is 0.910. The van der Waals surface area contributed by atoms with E-state index < -0.39 is 0 Å². The summed E-state index contributed by atoms with van der Waals surface area (Å²) in [6.07, 6.45) is 2.62. The fraction of sp³-hybridized carbons (Fsp3) is 0.500. The minimum Gasteiger partial charge on any atom is -0.370 e. The van der Waals surface area contributed by atoms with Crippen molar-refractivity contribution in [3.63, 3.8) is 0 Å². The van der Waals surface area contributed by atoms with Gasteiger partial charge in [0.2, 0.25) is 5.82 Å². The smallest absolute Gasteiger partial charge is 0.234 e. The lowest BCUT2D eigenvalue weighted by Crippen LogP contribution is -2.16. The number of hydrogen-bond acceptors (Lipinski definition) is 5. The highest BCUT2D eigenvalue weighted by Gasteiger charge is 1.97. The van der Waals surface area contributed by atoms with Crippen LogP contribution in [0.5, 0.6) is 0 Å². The van der Waals surface area contributed by atoms with Crippen LogP contribution in [0.25, 0.3) is 0 Å². The average molecular weight is 205 g/mol. The largest absolute Gasteiger partial charge is 0.370 e. The zero-order valence-corrected chi connectivity index (χ0v) is 9.06. The van der Waals surface area contributed by atoms with Crippen molar-refractivity contribution in [3.8, 4) is 6.07 Å². The van der Waals surface area contributed by atoms with Crippen LogP contribution >= 0.6 is 0 Å². The summed E-state index contributed by atoms with van der Waals surface area (Å²) in [7, 11) is 4.08. The van der Waals surface area contributed by atoms with Gasteiger partial charge in [-0.2, -0.15) is 5.26 Å². The normalized spacial score (nSPS) is 10.0. The maximum absolute atomic E-state index is 8.60. The summed E-state index contributed by atoms with van der Waals surface area (Å²) in [6, 6.07) is 3.67. The van der Waals surface area contributed by atoms with Gasteiger partial charge in [0, 0.05) is 12.7 Å². The van der Waals surface area contributed by atoms with Crippen LogP contribution < -0.4 is 5.32 Å². The van der Waals surface area contributed by atoms with Crippen LogP contribution in [0.3, 0.4) is 0 Å². The van der Waals surface area contributed by atoms with Crippen molar-refractivity contribution in [2.24, 2.45) is 0 Å². The molecule has 0 aliphatic heterocycles. The van der Waals surface area contributed by atoms with Crippen molar-refractivity contribution in [3.05, 3.63) is 18.1 Å². The number of nitriles is 1. The summed E-state index contributed by atoms with van der Waals surface area (Å²) in [5.41, 5.74) is 0. The molecule has 1 aromatic heterocycles. The zero-order valence-electron chi connectivity index (χ0n) is 9.06. The van der Waals surface area contributed by atoms with E-state index in [0.29, 0.717) is 5.82 Å². The second kappa shape index (κ2) is 5.94. The number of anilines is 1. The van der Waals surface area contributed by atoms with Crippen LogP contribution in [0.4, 0.5) is 5.82 Å². The van der Waals surface area contributed by atoms with Gasteiger partial charge in [-0.3, -0.25) is 0 Å². The van der Waals surface area contributed by atoms with E-state index in [9.17, 15) is 0 Å². The Bertz CT molecular complexity index is 342. The molecule has 0 aliphatic rings. The summed E-state index contributed by atoms with van der Waals surface area (Å²) in [5, 5.41) is 11.7. The first-order valence-electron chi connectivity index (χ1n) is 4.84. The topological polar surface area (TPSA) is 64.8 Å². The Morgan fingerprint density at radius 2 is 2.33 bits per heavy atom. The van der Waals surface area contributed by atoms with Crippen LogP contribution in [0, 0.1) is 11.3 Å². The third kappa shape index (κ3) is 4.38. The highest BCUT2D eigenvalue weighted by Crippen LogP contribution is 2.00.